The lowest BCUT2D eigenvalue weighted by Crippen LogP contribution is -2.24. The van der Waals surface area contributed by atoms with Crippen molar-refractivity contribution in [3.05, 3.63) is 48.0 Å². The van der Waals surface area contributed by atoms with Crippen molar-refractivity contribution in [3.63, 3.8) is 0 Å². The van der Waals surface area contributed by atoms with E-state index in [-0.39, 0.29) is 6.04 Å². The average molecular weight is 307 g/mol. The highest BCUT2D eigenvalue weighted by atomic mass is 19.3. The van der Waals surface area contributed by atoms with E-state index in [9.17, 15) is 8.78 Å². The van der Waals surface area contributed by atoms with Crippen LogP contribution >= 0.6 is 0 Å². The molecule has 1 saturated heterocycles. The summed E-state index contributed by atoms with van der Waals surface area (Å²) in [5, 5.41) is 0. The van der Waals surface area contributed by atoms with Crippen molar-refractivity contribution >= 4 is 0 Å². The van der Waals surface area contributed by atoms with Gasteiger partial charge in [0.05, 0.1) is 13.7 Å². The number of methoxy groups -OCH3 is 1. The van der Waals surface area contributed by atoms with Gasteiger partial charge in [0.25, 0.3) is 0 Å². The van der Waals surface area contributed by atoms with Gasteiger partial charge >= 0.3 is 6.55 Å². The van der Waals surface area contributed by atoms with Gasteiger partial charge in [-0.3, -0.25) is 9.47 Å². The van der Waals surface area contributed by atoms with Crippen LogP contribution in [0.15, 0.2) is 36.7 Å². The van der Waals surface area contributed by atoms with Gasteiger partial charge < -0.3 is 4.74 Å². The fourth-order valence-electron chi connectivity index (χ4n) is 3.04. The van der Waals surface area contributed by atoms with Crippen LogP contribution < -0.4 is 4.74 Å². The molecule has 1 unspecified atom stereocenters. The maximum absolute atomic E-state index is 12.9. The predicted molar refractivity (Wildman–Crippen MR) is 78.9 cm³/mol. The Kier molecular flexibility index (Phi) is 4.38. The number of halogens is 2. The monoisotopic (exact) mass is 307 g/mol. The number of hydrogen-bond acceptors (Lipinski definition) is 3. The summed E-state index contributed by atoms with van der Waals surface area (Å²) in [7, 11) is 1.64. The van der Waals surface area contributed by atoms with Gasteiger partial charge in [-0.25, -0.2) is 4.98 Å². The molecule has 0 aliphatic carbocycles. The van der Waals surface area contributed by atoms with Gasteiger partial charge in [0.2, 0.25) is 0 Å². The van der Waals surface area contributed by atoms with Crippen LogP contribution in [-0.2, 0) is 6.54 Å². The van der Waals surface area contributed by atoms with Gasteiger partial charge in [-0.2, -0.15) is 8.78 Å². The maximum Gasteiger partial charge on any atom is 0.319 e. The summed E-state index contributed by atoms with van der Waals surface area (Å²) in [5.41, 5.74) is 1.19. The highest BCUT2D eigenvalue weighted by Crippen LogP contribution is 2.34. The van der Waals surface area contributed by atoms with Gasteiger partial charge in [-0.1, -0.05) is 12.1 Å². The van der Waals surface area contributed by atoms with E-state index in [1.165, 1.54) is 18.0 Å². The molecular formula is C16H19F2N3O. The van der Waals surface area contributed by atoms with Crippen molar-refractivity contribution in [1.82, 2.24) is 14.5 Å². The average Bonchev–Trinajstić information content (AvgIpc) is 3.17. The van der Waals surface area contributed by atoms with Gasteiger partial charge in [-0.05, 0) is 37.1 Å². The van der Waals surface area contributed by atoms with Crippen molar-refractivity contribution in [2.24, 2.45) is 0 Å². The van der Waals surface area contributed by atoms with Crippen LogP contribution in [0.5, 0.6) is 5.75 Å². The molecule has 118 valence electrons. The Bertz CT molecular complexity index is 612. The first-order valence-corrected chi connectivity index (χ1v) is 7.37. The van der Waals surface area contributed by atoms with E-state index in [1.54, 1.807) is 7.11 Å². The molecule has 3 rings (SSSR count). The summed E-state index contributed by atoms with van der Waals surface area (Å²) in [4.78, 5) is 6.29. The molecule has 0 spiro atoms. The van der Waals surface area contributed by atoms with Crippen LogP contribution in [0.3, 0.4) is 0 Å². The van der Waals surface area contributed by atoms with E-state index >= 15 is 0 Å². The van der Waals surface area contributed by atoms with Crippen LogP contribution in [0, 0.1) is 0 Å². The fourth-order valence-corrected chi connectivity index (χ4v) is 3.04. The maximum atomic E-state index is 12.9. The highest BCUT2D eigenvalue weighted by Gasteiger charge is 2.27. The number of nitrogens with zero attached hydrogens (tertiary/aromatic N) is 3. The molecule has 0 amide bonds. The lowest BCUT2D eigenvalue weighted by atomic mass is 10.0. The van der Waals surface area contributed by atoms with Crippen molar-refractivity contribution in [1.29, 1.82) is 0 Å². The summed E-state index contributed by atoms with van der Waals surface area (Å²) < 4.78 is 32.0. The number of ether oxygens (including phenoxy) is 1. The number of likely N-dealkylation sites (tertiary alicyclic amines) is 1. The Labute approximate surface area is 128 Å². The molecule has 1 aliphatic heterocycles. The molecule has 1 aromatic carbocycles. The molecule has 4 nitrogen and oxygen atoms in total. The molecule has 1 atom stereocenters. The van der Waals surface area contributed by atoms with E-state index in [1.807, 2.05) is 24.3 Å². The topological polar surface area (TPSA) is 30.3 Å². The Hall–Kier alpha value is -1.95. The number of aromatic nitrogens is 2. The fraction of sp³-hybridized carbons (Fsp3) is 0.438. The van der Waals surface area contributed by atoms with E-state index in [4.69, 9.17) is 4.74 Å². The smallest absolute Gasteiger partial charge is 0.319 e. The second kappa shape index (κ2) is 6.44. The first-order valence-electron chi connectivity index (χ1n) is 7.37. The molecule has 0 radical (unpaired) electrons. The van der Waals surface area contributed by atoms with E-state index in [0.717, 1.165) is 29.7 Å². The zero-order chi connectivity index (χ0) is 15.5. The highest BCUT2D eigenvalue weighted by molar-refractivity contribution is 5.29. The van der Waals surface area contributed by atoms with Gasteiger partial charge in [0.1, 0.15) is 11.6 Å². The van der Waals surface area contributed by atoms with Crippen LogP contribution in [0.2, 0.25) is 0 Å². The quantitative estimate of drug-likeness (QED) is 0.845. The molecule has 1 fully saturated rings. The minimum absolute atomic E-state index is 0.244. The molecular weight excluding hydrogens is 288 g/mol. The molecule has 0 N–H and O–H groups in total. The van der Waals surface area contributed by atoms with Crippen LogP contribution in [0.4, 0.5) is 8.78 Å². The Morgan fingerprint density at radius 2 is 2.09 bits per heavy atom. The number of imidazole rings is 1. The number of alkyl halides is 2. The first kappa shape index (κ1) is 15.0. The largest absolute Gasteiger partial charge is 0.497 e. The molecule has 0 bridgehead atoms. The lowest BCUT2D eigenvalue weighted by molar-refractivity contribution is 0.0634. The summed E-state index contributed by atoms with van der Waals surface area (Å²) in [6, 6.07) is 8.20. The second-order valence-electron chi connectivity index (χ2n) is 5.43. The molecule has 2 aromatic rings. The van der Waals surface area contributed by atoms with Crippen molar-refractivity contribution in [2.75, 3.05) is 13.7 Å². The Balaban J connectivity index is 1.76. The second-order valence-corrected chi connectivity index (χ2v) is 5.43. The van der Waals surface area contributed by atoms with Crippen molar-refractivity contribution < 1.29 is 13.5 Å². The summed E-state index contributed by atoms with van der Waals surface area (Å²) in [6.45, 7) is -1.21. The zero-order valence-corrected chi connectivity index (χ0v) is 12.5. The Morgan fingerprint density at radius 3 is 2.77 bits per heavy atom. The zero-order valence-electron chi connectivity index (χ0n) is 12.5. The molecule has 2 heterocycles. The molecule has 6 heteroatoms. The van der Waals surface area contributed by atoms with Crippen LogP contribution in [-0.4, -0.2) is 28.1 Å². The third-order valence-electron chi connectivity index (χ3n) is 4.17. The summed E-state index contributed by atoms with van der Waals surface area (Å²) >= 11 is 0. The van der Waals surface area contributed by atoms with Crippen molar-refractivity contribution in [3.8, 4) is 5.75 Å². The number of benzene rings is 1. The molecule has 0 saturated carbocycles. The van der Waals surface area contributed by atoms with E-state index < -0.39 is 6.55 Å². The first-order chi connectivity index (χ1) is 10.7. The standard InChI is InChI=1S/C16H19F2N3O/c1-22-13-6-4-12(5-7-13)14-3-2-9-20(14)11-15-19-8-10-21(15)16(17)18/h4-8,10,14,16H,2-3,9,11H2,1H3. The van der Waals surface area contributed by atoms with Gasteiger partial charge in [0, 0.05) is 18.4 Å². The molecule has 1 aromatic heterocycles. The Morgan fingerprint density at radius 1 is 1.32 bits per heavy atom. The molecule has 22 heavy (non-hydrogen) atoms. The minimum Gasteiger partial charge on any atom is -0.497 e. The minimum atomic E-state index is -2.54. The number of rotatable bonds is 5. The van der Waals surface area contributed by atoms with E-state index in [0.29, 0.717) is 12.4 Å². The third-order valence-corrected chi connectivity index (χ3v) is 4.17. The van der Waals surface area contributed by atoms with E-state index in [2.05, 4.69) is 9.88 Å². The van der Waals surface area contributed by atoms with Crippen LogP contribution in [0.1, 0.15) is 36.8 Å². The molecule has 1 aliphatic rings. The summed E-state index contributed by atoms with van der Waals surface area (Å²) in [6.07, 6.45) is 4.85. The van der Waals surface area contributed by atoms with Crippen molar-refractivity contribution in [2.45, 2.75) is 32.0 Å². The normalized spacial score (nSPS) is 19.0. The van der Waals surface area contributed by atoms with Crippen LogP contribution in [0.25, 0.3) is 0 Å². The predicted octanol–water partition coefficient (Wildman–Crippen LogP) is 3.62. The summed E-state index contributed by atoms with van der Waals surface area (Å²) in [5.74, 6) is 1.23. The van der Waals surface area contributed by atoms with Gasteiger partial charge in [0.15, 0.2) is 0 Å². The third kappa shape index (κ3) is 2.97. The number of hydrogen-bond donors (Lipinski definition) is 0. The van der Waals surface area contributed by atoms with Gasteiger partial charge in [-0.15, -0.1) is 0 Å². The lowest BCUT2D eigenvalue weighted by Gasteiger charge is -2.25. The SMILES string of the molecule is COc1ccc(C2CCCN2Cc2nccn2C(F)F)cc1.